The Morgan fingerprint density at radius 1 is 0.269 bits per heavy atom. The van der Waals surface area contributed by atoms with Gasteiger partial charge in [0.1, 0.15) is 33.1 Å². The molecule has 0 unspecified atom stereocenters. The van der Waals surface area contributed by atoms with E-state index in [4.69, 9.17) is 15.0 Å². The molecule has 0 bridgehead atoms. The van der Waals surface area contributed by atoms with Gasteiger partial charge in [0, 0.05) is 92.7 Å². The molecule has 0 amide bonds. The zero-order valence-corrected chi connectivity index (χ0v) is 56.6. The van der Waals surface area contributed by atoms with Crippen LogP contribution in [0.3, 0.4) is 0 Å². The molecule has 0 aliphatic heterocycles. The quantitative estimate of drug-likeness (QED) is 0.0221. The molecule has 0 N–H and O–H groups in total. The lowest BCUT2D eigenvalue weighted by molar-refractivity contribution is -0.00100. The lowest BCUT2D eigenvalue weighted by atomic mass is 10.2. The van der Waals surface area contributed by atoms with Crippen LogP contribution in [-0.2, 0) is 0 Å². The van der Waals surface area contributed by atoms with Gasteiger partial charge in [-0.15, -0.1) is 0 Å². The third kappa shape index (κ3) is 20.7. The van der Waals surface area contributed by atoms with Crippen molar-refractivity contribution in [1.29, 1.82) is 0 Å². The minimum atomic E-state index is 0. The third-order valence-electron chi connectivity index (χ3n) is 14.1. The first-order chi connectivity index (χ1) is 36.9. The van der Waals surface area contributed by atoms with E-state index in [0.717, 1.165) is 72.4 Å². The second-order valence-electron chi connectivity index (χ2n) is 20.2. The van der Waals surface area contributed by atoms with E-state index in [0.29, 0.717) is 0 Å². The molecule has 9 aromatic rings. The Bertz CT molecular complexity index is 2760. The Morgan fingerprint density at radius 2 is 0.487 bits per heavy atom. The third-order valence-corrected chi connectivity index (χ3v) is 17.4. The molecule has 6 aromatic carbocycles. The fraction of sp³-hybridized carbons (Fsp3) is 0.455. The van der Waals surface area contributed by atoms with Gasteiger partial charge in [-0.2, -0.15) is 0 Å². The van der Waals surface area contributed by atoms with Crippen LogP contribution in [0.15, 0.2) is 127 Å². The van der Waals surface area contributed by atoms with Gasteiger partial charge in [0.15, 0.2) is 0 Å². The van der Waals surface area contributed by atoms with Crippen molar-refractivity contribution in [2.45, 2.75) is 157 Å². The van der Waals surface area contributed by atoms with Crippen LogP contribution in [0.25, 0.3) is 61.3 Å². The van der Waals surface area contributed by atoms with Gasteiger partial charge in [-0.1, -0.05) is 155 Å². The van der Waals surface area contributed by atoms with E-state index in [9.17, 15) is 0 Å². The molecule has 12 heteroatoms. The fourth-order valence-corrected chi connectivity index (χ4v) is 12.7. The summed E-state index contributed by atoms with van der Waals surface area (Å²) in [4.78, 5) is 22.2. The number of rotatable bonds is 27. The molecule has 3 heterocycles. The van der Waals surface area contributed by atoms with Gasteiger partial charge in [-0.3, -0.25) is 0 Å². The van der Waals surface area contributed by atoms with Crippen LogP contribution >= 0.6 is 34.0 Å². The smallest absolute Gasteiger partial charge is 0.259 e. The van der Waals surface area contributed by atoms with Gasteiger partial charge in [-0.05, 0) is 93.1 Å². The predicted octanol–water partition coefficient (Wildman–Crippen LogP) is 11.8. The van der Waals surface area contributed by atoms with Crippen molar-refractivity contribution < 1.29 is 71.9 Å². The molecule has 0 atom stereocenters. The topological polar surface area (TPSA) is 48.4 Å². The summed E-state index contributed by atoms with van der Waals surface area (Å²) in [6.07, 6.45) is 23.2. The summed E-state index contributed by atoms with van der Waals surface area (Å²) in [6.45, 7) is 20.6. The number of anilines is 3. The van der Waals surface area contributed by atoms with E-state index in [2.05, 4.69) is 184 Å². The number of hydrogen-bond donors (Lipinski definition) is 0. The Kier molecular flexibility index (Phi) is 32.8. The standard InChI is InChI=1S/3C22H29N2S.3HI/c3*1-3-5-9-15-24(16-10-6-4-2)18-13-14-20-22(17-18)25-21-12-8-7-11-19(21)23-20;;;/h3*7-8,11-14,17H,3-6,9-10,15-16H2,1-2H3;3*1H/q3*+1;;;/p-3. The van der Waals surface area contributed by atoms with Crippen molar-refractivity contribution in [3.8, 4) is 0 Å². The summed E-state index contributed by atoms with van der Waals surface area (Å²) < 4.78 is 7.63. The highest BCUT2D eigenvalue weighted by molar-refractivity contribution is 7.25. The maximum Gasteiger partial charge on any atom is 0.259 e. The average molecular weight is 1440 g/mol. The van der Waals surface area contributed by atoms with E-state index in [1.807, 2.05) is 34.0 Å². The first kappa shape index (κ1) is 67.5. The first-order valence-electron chi connectivity index (χ1n) is 29.1. The number of nitrogens with zero attached hydrogens (tertiary/aromatic N) is 6. The number of fused-ring (bicyclic) bond motifs is 6. The van der Waals surface area contributed by atoms with Crippen LogP contribution < -0.4 is 86.6 Å². The van der Waals surface area contributed by atoms with Crippen LogP contribution in [0, 0.1) is 0 Å². The molecular weight excluding hydrogens is 1350 g/mol. The van der Waals surface area contributed by atoms with Crippen molar-refractivity contribution in [1.82, 2.24) is 15.0 Å². The highest BCUT2D eigenvalue weighted by atomic mass is 127. The molecular formula is C66H87I3N6S3. The molecule has 6 nitrogen and oxygen atoms in total. The molecule has 0 fully saturated rings. The van der Waals surface area contributed by atoms with Crippen molar-refractivity contribution >= 4 is 112 Å². The molecule has 3 aromatic heterocycles. The first-order valence-corrected chi connectivity index (χ1v) is 31.5. The van der Waals surface area contributed by atoms with Crippen molar-refractivity contribution in [3.05, 3.63) is 127 Å². The van der Waals surface area contributed by atoms with Crippen LogP contribution in [0.5, 0.6) is 0 Å². The van der Waals surface area contributed by atoms with E-state index in [1.54, 1.807) is 0 Å². The number of aromatic nitrogens is 3. The van der Waals surface area contributed by atoms with Crippen LogP contribution in [-0.4, -0.2) is 54.2 Å². The van der Waals surface area contributed by atoms with Gasteiger partial charge in [0.05, 0.1) is 0 Å². The molecule has 0 saturated carbocycles. The summed E-state index contributed by atoms with van der Waals surface area (Å²) in [7, 11) is 0. The minimum absolute atomic E-state index is 0. The summed E-state index contributed by atoms with van der Waals surface area (Å²) in [5, 5.41) is 0. The largest absolute Gasteiger partial charge is 1.00 e. The Hall–Kier alpha value is -3.03. The Balaban J connectivity index is 0.000000248. The lowest BCUT2D eigenvalue weighted by Crippen LogP contribution is -3.00. The Morgan fingerprint density at radius 3 is 0.718 bits per heavy atom. The van der Waals surface area contributed by atoms with Crippen molar-refractivity contribution in [3.63, 3.8) is 0 Å². The fourth-order valence-electron chi connectivity index (χ4n) is 9.70. The lowest BCUT2D eigenvalue weighted by Gasteiger charge is -2.24. The molecule has 0 aliphatic rings. The molecule has 0 radical (unpaired) electrons. The molecule has 0 spiro atoms. The zero-order chi connectivity index (χ0) is 52.5. The molecule has 9 rings (SSSR count). The van der Waals surface area contributed by atoms with Crippen LogP contribution in [0.2, 0.25) is 0 Å². The average Bonchev–Trinajstić information content (AvgIpc) is 3.45. The highest BCUT2D eigenvalue weighted by Gasteiger charge is 2.18. The monoisotopic (exact) mass is 1440 g/mol. The predicted molar refractivity (Wildman–Crippen MR) is 338 cm³/mol. The van der Waals surface area contributed by atoms with Crippen molar-refractivity contribution in [2.75, 3.05) is 54.0 Å². The minimum Gasteiger partial charge on any atom is -1.00 e. The number of para-hydroxylation sites is 3. The van der Waals surface area contributed by atoms with E-state index < -0.39 is 0 Å². The molecule has 0 aliphatic carbocycles. The summed E-state index contributed by atoms with van der Waals surface area (Å²) in [6, 6.07) is 45.7. The van der Waals surface area contributed by atoms with E-state index >= 15 is 0 Å². The number of hydrogen-bond acceptors (Lipinski definition) is 6. The number of unbranched alkanes of at least 4 members (excludes halogenated alkanes) is 12. The second-order valence-corrected chi connectivity index (χ2v) is 23.5. The van der Waals surface area contributed by atoms with E-state index in [-0.39, 0.29) is 71.9 Å². The number of halogens is 3. The maximum atomic E-state index is 4.82. The van der Waals surface area contributed by atoms with E-state index in [1.165, 1.54) is 161 Å². The van der Waals surface area contributed by atoms with Gasteiger partial charge in [0.25, 0.3) is 28.2 Å². The van der Waals surface area contributed by atoms with Gasteiger partial charge >= 0.3 is 0 Å². The summed E-state index contributed by atoms with van der Waals surface area (Å²) in [5.41, 5.74) is 10.7. The van der Waals surface area contributed by atoms with Crippen molar-refractivity contribution in [2.24, 2.45) is 0 Å². The normalized spacial score (nSPS) is 10.8. The SMILES string of the molecule is CCCCCN(CCCCC)c1ccc2nc3ccccc3[s+]c2c1.CCCCCN(CCCCC)c1ccc2nc3ccccc3[s+]c2c1.CCCCCN(CCCCC)c1ccc2nc3ccccc3[s+]c2c1.[I-].[I-].[I-]. The maximum absolute atomic E-state index is 4.82. The molecule has 420 valence electrons. The molecule has 78 heavy (non-hydrogen) atoms. The number of benzene rings is 6. The Labute approximate surface area is 532 Å². The molecule has 0 saturated heterocycles. The van der Waals surface area contributed by atoms with Crippen LogP contribution in [0.1, 0.15) is 157 Å². The summed E-state index contributed by atoms with van der Waals surface area (Å²) >= 11 is 5.55. The van der Waals surface area contributed by atoms with Gasteiger partial charge in [0.2, 0.25) is 34.0 Å². The van der Waals surface area contributed by atoms with Gasteiger partial charge in [-0.25, -0.2) is 15.0 Å². The second kappa shape index (κ2) is 37.9. The van der Waals surface area contributed by atoms with Gasteiger partial charge < -0.3 is 86.6 Å². The zero-order valence-electron chi connectivity index (χ0n) is 47.6. The van der Waals surface area contributed by atoms with Crippen LogP contribution in [0.4, 0.5) is 17.1 Å². The summed E-state index contributed by atoms with van der Waals surface area (Å²) in [5.74, 6) is 0. The highest BCUT2D eigenvalue weighted by Crippen LogP contribution is 2.33.